The highest BCUT2D eigenvalue weighted by molar-refractivity contribution is 6.88. The van der Waals surface area contributed by atoms with Gasteiger partial charge in [0.2, 0.25) is 0 Å². The molecule has 2 heteroatoms. The standard InChI is InChI=1S/C22H19OSi/c1-23-20-13-7-8-14-21(20)24(2)22-18-11-5-3-9-16(18)15-17-10-4-6-12-19(17)22/h3-15H,1-2H3. The monoisotopic (exact) mass is 327 g/mol. The first kappa shape index (κ1) is 15.0. The molecule has 0 heterocycles. The minimum absolute atomic E-state index is 0.962. The highest BCUT2D eigenvalue weighted by Crippen LogP contribution is 2.22. The van der Waals surface area contributed by atoms with E-state index in [9.17, 15) is 0 Å². The maximum absolute atomic E-state index is 5.64. The molecule has 0 amide bonds. The third-order valence-corrected chi connectivity index (χ3v) is 7.17. The summed E-state index contributed by atoms with van der Waals surface area (Å²) in [5.41, 5.74) is 0. The molecule has 0 unspecified atom stereocenters. The van der Waals surface area contributed by atoms with Crippen LogP contribution in [0.3, 0.4) is 0 Å². The number of hydrogen-bond acceptors (Lipinski definition) is 1. The van der Waals surface area contributed by atoms with Crippen molar-refractivity contribution in [2.45, 2.75) is 6.55 Å². The van der Waals surface area contributed by atoms with Crippen LogP contribution >= 0.6 is 0 Å². The average Bonchev–Trinajstić information content (AvgIpc) is 2.65. The zero-order valence-electron chi connectivity index (χ0n) is 13.9. The van der Waals surface area contributed by atoms with Crippen molar-refractivity contribution < 1.29 is 4.74 Å². The summed E-state index contributed by atoms with van der Waals surface area (Å²) >= 11 is 0. The second-order valence-corrected chi connectivity index (χ2v) is 8.31. The van der Waals surface area contributed by atoms with Crippen LogP contribution in [0.15, 0.2) is 78.9 Å². The summed E-state index contributed by atoms with van der Waals surface area (Å²) in [5.74, 6) is 0.992. The van der Waals surface area contributed by atoms with Gasteiger partial charge in [-0.3, -0.25) is 0 Å². The number of methoxy groups -OCH3 is 1. The van der Waals surface area contributed by atoms with E-state index in [-0.39, 0.29) is 0 Å². The van der Waals surface area contributed by atoms with Crippen molar-refractivity contribution in [1.29, 1.82) is 0 Å². The first-order chi connectivity index (χ1) is 11.8. The lowest BCUT2D eigenvalue weighted by Crippen LogP contribution is -2.40. The van der Waals surface area contributed by atoms with Gasteiger partial charge in [-0.05, 0) is 44.1 Å². The Morgan fingerprint density at radius 1 is 0.708 bits per heavy atom. The van der Waals surface area contributed by atoms with E-state index in [0.717, 1.165) is 5.75 Å². The first-order valence-electron chi connectivity index (χ1n) is 8.17. The Balaban J connectivity index is 2.06. The Morgan fingerprint density at radius 2 is 1.25 bits per heavy atom. The predicted octanol–water partition coefficient (Wildman–Crippen LogP) is 4.24. The van der Waals surface area contributed by atoms with Crippen LogP contribution in [-0.4, -0.2) is 15.9 Å². The second-order valence-electron chi connectivity index (χ2n) is 6.02. The molecule has 0 aliphatic rings. The Morgan fingerprint density at radius 3 is 1.88 bits per heavy atom. The summed E-state index contributed by atoms with van der Waals surface area (Å²) in [6, 6.07) is 28.2. The smallest absolute Gasteiger partial charge is 0.124 e. The minimum atomic E-state index is -0.962. The van der Waals surface area contributed by atoms with E-state index in [2.05, 4.69) is 79.3 Å². The summed E-state index contributed by atoms with van der Waals surface area (Å²) in [6.07, 6.45) is 0. The van der Waals surface area contributed by atoms with Crippen molar-refractivity contribution in [3.63, 3.8) is 0 Å². The molecule has 4 rings (SSSR count). The molecular weight excluding hydrogens is 308 g/mol. The van der Waals surface area contributed by atoms with Crippen LogP contribution in [0.4, 0.5) is 0 Å². The number of ether oxygens (including phenoxy) is 1. The molecule has 0 aromatic heterocycles. The maximum Gasteiger partial charge on any atom is 0.124 e. The van der Waals surface area contributed by atoms with E-state index in [1.807, 2.05) is 6.07 Å². The highest BCUT2D eigenvalue weighted by Gasteiger charge is 2.20. The molecule has 4 aromatic carbocycles. The van der Waals surface area contributed by atoms with E-state index in [1.165, 1.54) is 31.9 Å². The summed E-state index contributed by atoms with van der Waals surface area (Å²) in [7, 11) is 0.797. The van der Waals surface area contributed by atoms with E-state index < -0.39 is 8.80 Å². The second kappa shape index (κ2) is 6.14. The minimum Gasteiger partial charge on any atom is -0.497 e. The number of benzene rings is 4. The zero-order chi connectivity index (χ0) is 16.5. The fourth-order valence-corrected chi connectivity index (χ4v) is 5.94. The van der Waals surface area contributed by atoms with Crippen molar-refractivity contribution >= 4 is 40.7 Å². The van der Waals surface area contributed by atoms with Crippen molar-refractivity contribution in [3.05, 3.63) is 78.9 Å². The van der Waals surface area contributed by atoms with Crippen LogP contribution in [0.25, 0.3) is 21.5 Å². The third kappa shape index (κ3) is 2.40. The first-order valence-corrected chi connectivity index (χ1v) is 10.2. The van der Waals surface area contributed by atoms with E-state index in [0.29, 0.717) is 0 Å². The molecule has 0 spiro atoms. The SMILES string of the molecule is COc1ccccc1[Si](C)c1c2ccccc2cc2ccccc12. The van der Waals surface area contributed by atoms with Gasteiger partial charge >= 0.3 is 0 Å². The number of para-hydroxylation sites is 1. The lowest BCUT2D eigenvalue weighted by atomic mass is 10.0. The number of hydrogen-bond donors (Lipinski definition) is 0. The molecule has 4 aromatic rings. The number of rotatable bonds is 3. The molecule has 1 nitrogen and oxygen atoms in total. The molecule has 0 atom stereocenters. The van der Waals surface area contributed by atoms with Gasteiger partial charge in [-0.25, -0.2) is 0 Å². The molecule has 0 bridgehead atoms. The van der Waals surface area contributed by atoms with Gasteiger partial charge in [0.15, 0.2) is 0 Å². The largest absolute Gasteiger partial charge is 0.497 e. The molecule has 0 fully saturated rings. The normalized spacial score (nSPS) is 11.3. The number of fused-ring (bicyclic) bond motifs is 2. The highest BCUT2D eigenvalue weighted by atomic mass is 28.3. The topological polar surface area (TPSA) is 9.23 Å². The van der Waals surface area contributed by atoms with Gasteiger partial charge in [-0.2, -0.15) is 0 Å². The van der Waals surface area contributed by atoms with Crippen molar-refractivity contribution in [1.82, 2.24) is 0 Å². The van der Waals surface area contributed by atoms with Crippen molar-refractivity contribution in [2.75, 3.05) is 7.11 Å². The molecule has 0 saturated carbocycles. The van der Waals surface area contributed by atoms with Crippen LogP contribution in [0.1, 0.15) is 0 Å². The van der Waals surface area contributed by atoms with Crippen LogP contribution in [0.5, 0.6) is 5.75 Å². The van der Waals surface area contributed by atoms with Gasteiger partial charge in [0.25, 0.3) is 0 Å². The van der Waals surface area contributed by atoms with Crippen molar-refractivity contribution in [2.24, 2.45) is 0 Å². The summed E-state index contributed by atoms with van der Waals surface area (Å²) < 4.78 is 5.64. The van der Waals surface area contributed by atoms with Gasteiger partial charge in [0.05, 0.1) is 7.11 Å². The van der Waals surface area contributed by atoms with Crippen LogP contribution in [-0.2, 0) is 0 Å². The van der Waals surface area contributed by atoms with Crippen molar-refractivity contribution in [3.8, 4) is 5.75 Å². The Hall–Kier alpha value is -2.58. The van der Waals surface area contributed by atoms with Gasteiger partial charge < -0.3 is 4.74 Å². The van der Waals surface area contributed by atoms with E-state index in [4.69, 9.17) is 4.74 Å². The zero-order valence-corrected chi connectivity index (χ0v) is 14.9. The van der Waals surface area contributed by atoms with Gasteiger partial charge in [0, 0.05) is 0 Å². The fourth-order valence-electron chi connectivity index (χ4n) is 3.51. The molecule has 0 N–H and O–H groups in total. The van der Waals surface area contributed by atoms with E-state index in [1.54, 1.807) is 7.11 Å². The molecule has 24 heavy (non-hydrogen) atoms. The molecule has 1 radical (unpaired) electrons. The maximum atomic E-state index is 5.64. The van der Waals surface area contributed by atoms with Crippen LogP contribution < -0.4 is 15.1 Å². The van der Waals surface area contributed by atoms with E-state index >= 15 is 0 Å². The van der Waals surface area contributed by atoms with Crippen LogP contribution in [0, 0.1) is 0 Å². The summed E-state index contributed by atoms with van der Waals surface area (Å²) in [6.45, 7) is 2.37. The molecule has 0 aliphatic heterocycles. The Labute approximate surface area is 144 Å². The van der Waals surface area contributed by atoms with Crippen LogP contribution in [0.2, 0.25) is 6.55 Å². The summed E-state index contributed by atoms with van der Waals surface area (Å²) in [4.78, 5) is 0. The average molecular weight is 327 g/mol. The predicted molar refractivity (Wildman–Crippen MR) is 105 cm³/mol. The molecule has 0 aliphatic carbocycles. The molecular formula is C22H19OSi. The molecule has 117 valence electrons. The van der Waals surface area contributed by atoms with Gasteiger partial charge in [0.1, 0.15) is 14.5 Å². The quantitative estimate of drug-likeness (QED) is 0.404. The van der Waals surface area contributed by atoms with Gasteiger partial charge in [-0.15, -0.1) is 0 Å². The Kier molecular flexibility index (Phi) is 3.83. The lowest BCUT2D eigenvalue weighted by Gasteiger charge is -2.19. The van der Waals surface area contributed by atoms with Gasteiger partial charge in [-0.1, -0.05) is 73.3 Å². The Bertz CT molecular complexity index is 968. The molecule has 0 saturated heterocycles. The fraction of sp³-hybridized carbons (Fsp3) is 0.0909. The summed E-state index contributed by atoms with van der Waals surface area (Å²) in [5, 5.41) is 8.14. The third-order valence-electron chi connectivity index (χ3n) is 4.66. The lowest BCUT2D eigenvalue weighted by molar-refractivity contribution is 0.418.